The molecule has 4 bridgehead atoms. The van der Waals surface area contributed by atoms with E-state index in [0.717, 1.165) is 45.5 Å². The van der Waals surface area contributed by atoms with Gasteiger partial charge in [-0.2, -0.15) is 0 Å². The third-order valence-electron chi connectivity index (χ3n) is 8.45. The Bertz CT molecular complexity index is 1110. The second-order valence-electron chi connectivity index (χ2n) is 11.8. The zero-order valence-electron chi connectivity index (χ0n) is 24.7. The summed E-state index contributed by atoms with van der Waals surface area (Å²) in [6.45, 7) is 10.4. The highest BCUT2D eigenvalue weighted by Gasteiger charge is 2.48. The predicted molar refractivity (Wildman–Crippen MR) is 161 cm³/mol. The molecule has 4 saturated carbocycles. The Balaban J connectivity index is 0.000000380. The Morgan fingerprint density at radius 3 is 2.10 bits per heavy atom. The van der Waals surface area contributed by atoms with Gasteiger partial charge in [0.1, 0.15) is 0 Å². The number of rotatable bonds is 10. The Kier molecular flexibility index (Phi) is 12.9. The van der Waals surface area contributed by atoms with Gasteiger partial charge in [-0.25, -0.2) is 0 Å². The Morgan fingerprint density at radius 1 is 1.07 bits per heavy atom. The van der Waals surface area contributed by atoms with Gasteiger partial charge in [0, 0.05) is 30.9 Å². The molecule has 0 radical (unpaired) electrons. The van der Waals surface area contributed by atoms with E-state index in [-0.39, 0.29) is 29.3 Å². The monoisotopic (exact) mass is 550 g/mol. The van der Waals surface area contributed by atoms with Crippen molar-refractivity contribution in [1.82, 2.24) is 4.98 Å². The first kappa shape index (κ1) is 33.1. The minimum atomic E-state index is -0.309. The fourth-order valence-corrected chi connectivity index (χ4v) is 7.05. The molecule has 4 aliphatic rings. The minimum Gasteiger partial charge on any atom is -0.469 e. The maximum atomic E-state index is 12.7. The lowest BCUT2D eigenvalue weighted by Crippen LogP contribution is -2.44. The van der Waals surface area contributed by atoms with Crippen molar-refractivity contribution in [2.24, 2.45) is 28.9 Å². The van der Waals surface area contributed by atoms with Crippen molar-refractivity contribution in [2.75, 3.05) is 13.7 Å². The first-order chi connectivity index (χ1) is 18.7. The first-order valence-corrected chi connectivity index (χ1v) is 14.3. The van der Waals surface area contributed by atoms with Crippen LogP contribution in [0.25, 0.3) is 0 Å². The molecule has 40 heavy (non-hydrogen) atoms. The normalized spacial score (nSPS) is 25.9. The molecule has 0 aliphatic heterocycles. The summed E-state index contributed by atoms with van der Waals surface area (Å²) in [5.74, 6) is 3.08. The molecule has 5 rings (SSSR count). The summed E-state index contributed by atoms with van der Waals surface area (Å²) in [6.07, 6.45) is 22.1. The molecule has 1 aromatic heterocycles. The van der Waals surface area contributed by atoms with Crippen LogP contribution in [0, 0.1) is 23.2 Å². The van der Waals surface area contributed by atoms with Crippen LogP contribution in [-0.2, 0) is 20.7 Å². The molecular formula is C34H47FN2O3. The van der Waals surface area contributed by atoms with Gasteiger partial charge in [0.05, 0.1) is 13.5 Å². The maximum absolute atomic E-state index is 12.7. The molecule has 5 nitrogen and oxygen atoms in total. The number of carbonyl (C=O) groups excluding carboxylic acids is 2. The fourth-order valence-electron chi connectivity index (χ4n) is 7.05. The van der Waals surface area contributed by atoms with Crippen molar-refractivity contribution >= 4 is 11.8 Å². The zero-order valence-corrected chi connectivity index (χ0v) is 24.7. The summed E-state index contributed by atoms with van der Waals surface area (Å²) in [7, 11) is 1.36. The molecular weight excluding hydrogens is 503 g/mol. The molecule has 1 aromatic rings. The first-order valence-electron chi connectivity index (χ1n) is 14.3. The van der Waals surface area contributed by atoms with Gasteiger partial charge in [-0.15, -0.1) is 0 Å². The summed E-state index contributed by atoms with van der Waals surface area (Å²) in [5.41, 5.74) is 10.4. The van der Waals surface area contributed by atoms with Crippen LogP contribution in [0.5, 0.6) is 0 Å². The molecule has 0 unspecified atom stereocenters. The van der Waals surface area contributed by atoms with E-state index >= 15 is 0 Å². The second-order valence-corrected chi connectivity index (χ2v) is 11.8. The SMILES string of the molecule is C=C\C(=C/C(=C/CN)C(/C)=C/C(=C\C)CC(=O)OC)C(=O)Cc1ccncc1.CC12CC3CC(CC(C3)C1)C2.F. The number of esters is 1. The highest BCUT2D eigenvalue weighted by atomic mass is 19.0. The van der Waals surface area contributed by atoms with Crippen molar-refractivity contribution in [1.29, 1.82) is 0 Å². The summed E-state index contributed by atoms with van der Waals surface area (Å²) in [4.78, 5) is 28.2. The van der Waals surface area contributed by atoms with Crippen molar-refractivity contribution in [3.63, 3.8) is 0 Å². The van der Waals surface area contributed by atoms with E-state index in [0.29, 0.717) is 12.1 Å². The summed E-state index contributed by atoms with van der Waals surface area (Å²) in [5, 5.41) is 0. The number of halogens is 1. The molecule has 0 spiro atoms. The molecule has 4 aliphatic carbocycles. The van der Waals surface area contributed by atoms with E-state index in [1.165, 1.54) is 7.11 Å². The van der Waals surface area contributed by atoms with Gasteiger partial charge in [0.25, 0.3) is 0 Å². The van der Waals surface area contributed by atoms with Gasteiger partial charge in [0.15, 0.2) is 5.78 Å². The van der Waals surface area contributed by atoms with Crippen LogP contribution in [-0.4, -0.2) is 30.4 Å². The number of ketones is 1. The fraction of sp³-hybridized carbons (Fsp3) is 0.500. The number of nitrogens with zero attached hydrogens (tertiary/aromatic N) is 1. The van der Waals surface area contributed by atoms with E-state index in [2.05, 4.69) is 18.5 Å². The third-order valence-corrected chi connectivity index (χ3v) is 8.45. The number of allylic oxidation sites excluding steroid dienone is 7. The van der Waals surface area contributed by atoms with Crippen molar-refractivity contribution in [2.45, 2.75) is 72.1 Å². The second kappa shape index (κ2) is 15.6. The molecule has 2 N–H and O–H groups in total. The summed E-state index contributed by atoms with van der Waals surface area (Å²) < 4.78 is 4.72. The number of methoxy groups -OCH3 is 1. The van der Waals surface area contributed by atoms with Crippen molar-refractivity contribution in [3.05, 3.63) is 89.3 Å². The molecule has 0 saturated heterocycles. The molecule has 0 amide bonds. The number of ether oxygens (including phenoxy) is 1. The molecule has 0 atom stereocenters. The van der Waals surface area contributed by atoms with E-state index in [4.69, 9.17) is 10.5 Å². The van der Waals surface area contributed by atoms with E-state index in [1.807, 2.05) is 44.2 Å². The third kappa shape index (κ3) is 9.51. The van der Waals surface area contributed by atoms with Crippen LogP contribution >= 0.6 is 0 Å². The van der Waals surface area contributed by atoms with E-state index in [1.54, 1.807) is 63.1 Å². The number of nitrogens with two attached hydrogens (primary N) is 1. The van der Waals surface area contributed by atoms with Crippen LogP contribution in [0.15, 0.2) is 83.8 Å². The minimum absolute atomic E-state index is 0. The van der Waals surface area contributed by atoms with Gasteiger partial charge in [-0.3, -0.25) is 19.3 Å². The van der Waals surface area contributed by atoms with Crippen LogP contribution in [0.1, 0.15) is 71.3 Å². The Labute approximate surface area is 239 Å². The standard InChI is InChI=1S/C23H28N2O3.C11H18.FH/c1-5-18(15-23(27)28-4)13-17(3)21(7-10-24)16-20(6-2)22(26)14-19-8-11-25-12-9-19;1-11-5-8-2-9(6-11)4-10(3-8)7-11;/h5-9,11-13,16H,2,10,14-15,24H2,1,3-4H3;8-10H,2-7H2,1H3;1H/b17-13+,18-5+,20-16+,21-7-;;. The molecule has 218 valence electrons. The van der Waals surface area contributed by atoms with Gasteiger partial charge in [-0.1, -0.05) is 37.8 Å². The highest BCUT2D eigenvalue weighted by Crippen LogP contribution is 2.59. The van der Waals surface area contributed by atoms with Crippen LogP contribution in [0.3, 0.4) is 0 Å². The Morgan fingerprint density at radius 2 is 1.65 bits per heavy atom. The number of aromatic nitrogens is 1. The lowest BCUT2D eigenvalue weighted by Gasteiger charge is -2.55. The topological polar surface area (TPSA) is 82.3 Å². The van der Waals surface area contributed by atoms with Crippen LogP contribution < -0.4 is 5.73 Å². The van der Waals surface area contributed by atoms with Gasteiger partial charge < -0.3 is 10.5 Å². The summed E-state index contributed by atoms with van der Waals surface area (Å²) >= 11 is 0. The largest absolute Gasteiger partial charge is 0.469 e. The smallest absolute Gasteiger partial charge is 0.309 e. The van der Waals surface area contributed by atoms with Gasteiger partial charge >= 0.3 is 5.97 Å². The lowest BCUT2D eigenvalue weighted by atomic mass is 9.50. The van der Waals surface area contributed by atoms with Crippen LogP contribution in [0.4, 0.5) is 4.70 Å². The highest BCUT2D eigenvalue weighted by molar-refractivity contribution is 5.99. The molecule has 4 fully saturated rings. The predicted octanol–water partition coefficient (Wildman–Crippen LogP) is 7.02. The molecule has 6 heteroatoms. The van der Waals surface area contributed by atoms with Gasteiger partial charge in [-0.05, 0) is 116 Å². The molecule has 0 aromatic carbocycles. The van der Waals surface area contributed by atoms with Crippen LogP contribution in [0.2, 0.25) is 0 Å². The van der Waals surface area contributed by atoms with Gasteiger partial charge in [0.2, 0.25) is 0 Å². The average Bonchev–Trinajstić information content (AvgIpc) is 2.89. The Hall–Kier alpha value is -3.12. The maximum Gasteiger partial charge on any atom is 0.309 e. The zero-order chi connectivity index (χ0) is 28.4. The lowest BCUT2D eigenvalue weighted by molar-refractivity contribution is -0.139. The number of carbonyl (C=O) groups is 2. The quantitative estimate of drug-likeness (QED) is 0.192. The van der Waals surface area contributed by atoms with Crippen molar-refractivity contribution < 1.29 is 19.0 Å². The van der Waals surface area contributed by atoms with Crippen molar-refractivity contribution in [3.8, 4) is 0 Å². The van der Waals surface area contributed by atoms with E-state index < -0.39 is 0 Å². The summed E-state index contributed by atoms with van der Waals surface area (Å²) in [6, 6.07) is 3.62. The number of hydrogen-bond acceptors (Lipinski definition) is 5. The number of Topliss-reactive ketones (excluding diaryl/α,β-unsaturated/α-hetero) is 1. The van der Waals surface area contributed by atoms with E-state index in [9.17, 15) is 9.59 Å². The molecule has 1 heterocycles. The number of pyridine rings is 1. The number of hydrogen-bond donors (Lipinski definition) is 1. The average molecular weight is 551 g/mol.